The van der Waals surface area contributed by atoms with Crippen molar-refractivity contribution in [1.29, 1.82) is 0 Å². The van der Waals surface area contributed by atoms with Crippen molar-refractivity contribution in [2.24, 2.45) is 0 Å². The average molecular weight is 807 g/mol. The van der Waals surface area contributed by atoms with Gasteiger partial charge in [0.1, 0.15) is 5.75 Å². The van der Waals surface area contributed by atoms with Crippen LogP contribution in [0.4, 0.5) is 34.1 Å². The zero-order valence-corrected chi connectivity index (χ0v) is 36.9. The minimum Gasteiger partial charge on any atom is -0.497 e. The molecule has 8 aromatic carbocycles. The van der Waals surface area contributed by atoms with Gasteiger partial charge in [-0.2, -0.15) is 0 Å². The second kappa shape index (κ2) is 18.5. The third-order valence-corrected chi connectivity index (χ3v) is 11.6. The normalized spacial score (nSPS) is 11.3. The number of methoxy groups -OCH3 is 1. The number of rotatable bonds is 12. The number of aryl methyl sites for hydroxylation is 6. The van der Waals surface area contributed by atoms with Crippen molar-refractivity contribution >= 4 is 58.4 Å². The lowest BCUT2D eigenvalue weighted by molar-refractivity contribution is 0.415. The maximum atomic E-state index is 5.32. The van der Waals surface area contributed by atoms with Crippen molar-refractivity contribution in [1.82, 2.24) is 0 Å². The summed E-state index contributed by atoms with van der Waals surface area (Å²) in [6.45, 7) is 13.1. The van der Waals surface area contributed by atoms with Crippen LogP contribution in [0.25, 0.3) is 35.4 Å². The molecule has 0 heterocycles. The van der Waals surface area contributed by atoms with Crippen molar-refractivity contribution in [3.8, 4) is 16.9 Å². The van der Waals surface area contributed by atoms with Crippen LogP contribution in [0.2, 0.25) is 0 Å². The number of ether oxygens (including phenoxy) is 1. The van der Waals surface area contributed by atoms with Crippen LogP contribution in [0.3, 0.4) is 0 Å². The van der Waals surface area contributed by atoms with Crippen molar-refractivity contribution < 1.29 is 4.74 Å². The van der Waals surface area contributed by atoms with Crippen molar-refractivity contribution in [2.75, 3.05) is 16.9 Å². The molecule has 0 aliphatic carbocycles. The molecule has 8 rings (SSSR count). The highest BCUT2D eigenvalue weighted by Gasteiger charge is 2.19. The maximum Gasteiger partial charge on any atom is 0.118 e. The lowest BCUT2D eigenvalue weighted by atomic mass is 10.0. The molecule has 0 saturated heterocycles. The van der Waals surface area contributed by atoms with Crippen molar-refractivity contribution in [3.05, 3.63) is 232 Å². The van der Waals surface area contributed by atoms with Gasteiger partial charge in [-0.15, -0.1) is 0 Å². The van der Waals surface area contributed by atoms with Crippen molar-refractivity contribution in [3.63, 3.8) is 0 Å². The molecule has 0 bridgehead atoms. The number of nitrogens with zero attached hydrogens (tertiary/aromatic N) is 2. The van der Waals surface area contributed by atoms with Crippen LogP contribution in [0.1, 0.15) is 55.6 Å². The number of hydrogen-bond acceptors (Lipinski definition) is 3. The molecule has 0 amide bonds. The number of hydrogen-bond donors (Lipinski definition) is 0. The minimum absolute atomic E-state index is 0.857. The summed E-state index contributed by atoms with van der Waals surface area (Å²) >= 11 is 0. The Kier molecular flexibility index (Phi) is 12.3. The van der Waals surface area contributed by atoms with E-state index in [0.29, 0.717) is 0 Å². The maximum absolute atomic E-state index is 5.32. The smallest absolute Gasteiger partial charge is 0.118 e. The molecule has 0 aliphatic rings. The summed E-state index contributed by atoms with van der Waals surface area (Å²) in [6, 6.07) is 63.4. The van der Waals surface area contributed by atoms with E-state index < -0.39 is 0 Å². The molecule has 0 radical (unpaired) electrons. The largest absolute Gasteiger partial charge is 0.497 e. The van der Waals surface area contributed by atoms with Crippen LogP contribution in [0, 0.1) is 41.5 Å². The molecule has 0 atom stereocenters. The fourth-order valence-corrected chi connectivity index (χ4v) is 8.36. The van der Waals surface area contributed by atoms with E-state index in [1.165, 1.54) is 61.3 Å². The first kappa shape index (κ1) is 41.4. The van der Waals surface area contributed by atoms with Gasteiger partial charge in [0.2, 0.25) is 0 Å². The molecule has 306 valence electrons. The standard InChI is InChI=1S/C59H54N2O/c1-41-12-37-58(44(4)38-41)60(53-27-16-47(17-28-53)13-14-48-20-35-57(62-7)36-21-48)54-31-23-51(24-32-54)52-25-33-56(34-26-52)61(59-45(5)39-42(2)40-46(59)6)55-29-18-49(19-30-55)15-22-50-11-9-8-10-43(50)3/h8-40H,1-7H3/b14-13+,22-15+. The molecule has 0 aliphatic heterocycles. The van der Waals surface area contributed by atoms with Gasteiger partial charge in [-0.3, -0.25) is 0 Å². The Morgan fingerprint density at radius 2 is 0.806 bits per heavy atom. The average Bonchev–Trinajstić information content (AvgIpc) is 3.28. The predicted molar refractivity (Wildman–Crippen MR) is 267 cm³/mol. The van der Waals surface area contributed by atoms with E-state index in [9.17, 15) is 0 Å². The molecular weight excluding hydrogens is 753 g/mol. The van der Waals surface area contributed by atoms with Crippen LogP contribution in [0.5, 0.6) is 5.75 Å². The molecule has 0 spiro atoms. The summed E-state index contributed by atoms with van der Waals surface area (Å²) in [7, 11) is 1.69. The van der Waals surface area contributed by atoms with Gasteiger partial charge in [-0.25, -0.2) is 0 Å². The lowest BCUT2D eigenvalue weighted by Crippen LogP contribution is -2.13. The molecular formula is C59H54N2O. The molecule has 0 fully saturated rings. The molecule has 62 heavy (non-hydrogen) atoms. The first-order chi connectivity index (χ1) is 30.1. The summed E-state index contributed by atoms with van der Waals surface area (Å²) in [5, 5.41) is 0. The van der Waals surface area contributed by atoms with Crippen LogP contribution in [-0.2, 0) is 0 Å². The fraction of sp³-hybridized carbons (Fsp3) is 0.119. The van der Waals surface area contributed by atoms with Crippen LogP contribution in [-0.4, -0.2) is 7.11 Å². The van der Waals surface area contributed by atoms with E-state index in [0.717, 1.165) is 45.3 Å². The highest BCUT2D eigenvalue weighted by Crippen LogP contribution is 2.41. The topological polar surface area (TPSA) is 15.7 Å². The minimum atomic E-state index is 0.857. The fourth-order valence-electron chi connectivity index (χ4n) is 8.36. The summed E-state index contributed by atoms with van der Waals surface area (Å²) in [6.07, 6.45) is 8.68. The third-order valence-electron chi connectivity index (χ3n) is 11.6. The zero-order chi connectivity index (χ0) is 43.2. The molecule has 8 aromatic rings. The van der Waals surface area contributed by atoms with Gasteiger partial charge in [-0.05, 0) is 164 Å². The molecule has 0 N–H and O–H groups in total. The van der Waals surface area contributed by atoms with Gasteiger partial charge in [-0.1, -0.05) is 145 Å². The van der Waals surface area contributed by atoms with E-state index in [1.54, 1.807) is 7.11 Å². The molecule has 0 saturated carbocycles. The first-order valence-corrected chi connectivity index (χ1v) is 21.4. The SMILES string of the molecule is COc1ccc(/C=C/c2ccc(N(c3ccc(-c4ccc(N(c5ccc(/C=C/c6ccccc6C)cc5)c5c(C)cc(C)cc5C)cc4)cc3)c3ccc(C)cc3C)cc2)cc1. The zero-order valence-electron chi connectivity index (χ0n) is 36.9. The Labute approximate surface area is 368 Å². The highest BCUT2D eigenvalue weighted by molar-refractivity contribution is 5.84. The second-order valence-electron chi connectivity index (χ2n) is 16.3. The summed E-state index contributed by atoms with van der Waals surface area (Å²) in [5.74, 6) is 0.857. The summed E-state index contributed by atoms with van der Waals surface area (Å²) in [4.78, 5) is 4.75. The van der Waals surface area contributed by atoms with E-state index in [2.05, 4.69) is 239 Å². The van der Waals surface area contributed by atoms with E-state index in [4.69, 9.17) is 4.74 Å². The monoisotopic (exact) mass is 806 g/mol. The van der Waals surface area contributed by atoms with E-state index in [-0.39, 0.29) is 0 Å². The quantitative estimate of drug-likeness (QED) is 0.114. The first-order valence-electron chi connectivity index (χ1n) is 21.4. The number of benzene rings is 8. The Morgan fingerprint density at radius 3 is 1.29 bits per heavy atom. The van der Waals surface area contributed by atoms with Gasteiger partial charge >= 0.3 is 0 Å². The molecule has 0 aromatic heterocycles. The second-order valence-corrected chi connectivity index (χ2v) is 16.3. The number of anilines is 6. The Balaban J connectivity index is 1.08. The third kappa shape index (κ3) is 9.33. The van der Waals surface area contributed by atoms with Gasteiger partial charge in [0.25, 0.3) is 0 Å². The molecule has 3 heteroatoms. The van der Waals surface area contributed by atoms with E-state index >= 15 is 0 Å². The highest BCUT2D eigenvalue weighted by atomic mass is 16.5. The Morgan fingerprint density at radius 1 is 0.371 bits per heavy atom. The van der Waals surface area contributed by atoms with E-state index in [1.807, 2.05) is 12.1 Å². The summed E-state index contributed by atoms with van der Waals surface area (Å²) in [5.41, 5.74) is 21.3. The van der Waals surface area contributed by atoms with Gasteiger partial charge in [0, 0.05) is 28.4 Å². The summed E-state index contributed by atoms with van der Waals surface area (Å²) < 4.78 is 5.32. The van der Waals surface area contributed by atoms with Gasteiger partial charge < -0.3 is 14.5 Å². The van der Waals surface area contributed by atoms with Gasteiger partial charge in [0.15, 0.2) is 0 Å². The Hall–Kier alpha value is -7.36. The van der Waals surface area contributed by atoms with Gasteiger partial charge in [0.05, 0.1) is 12.8 Å². The van der Waals surface area contributed by atoms with Crippen molar-refractivity contribution in [2.45, 2.75) is 41.5 Å². The van der Waals surface area contributed by atoms with Crippen LogP contribution < -0.4 is 14.5 Å². The van der Waals surface area contributed by atoms with Crippen LogP contribution >= 0.6 is 0 Å². The predicted octanol–water partition coefficient (Wildman–Crippen LogP) is 16.5. The Bertz CT molecular complexity index is 2830. The van der Waals surface area contributed by atoms with Crippen LogP contribution in [0.15, 0.2) is 176 Å². The molecule has 3 nitrogen and oxygen atoms in total. The molecule has 0 unspecified atom stereocenters. The lowest BCUT2D eigenvalue weighted by Gasteiger charge is -2.29.